The molecule has 0 aromatic carbocycles. The fourth-order valence-electron chi connectivity index (χ4n) is 3.15. The first kappa shape index (κ1) is 22.0. The molecule has 1 aliphatic rings. The molecule has 25 heavy (non-hydrogen) atoms. The van der Waals surface area contributed by atoms with Crippen molar-refractivity contribution in [1.29, 1.82) is 0 Å². The van der Waals surface area contributed by atoms with Crippen LogP contribution in [0, 0.1) is 22.7 Å². The van der Waals surface area contributed by atoms with Crippen LogP contribution in [-0.4, -0.2) is 12.6 Å². The Hall–Kier alpha value is -1.05. The zero-order valence-electron chi connectivity index (χ0n) is 17.9. The van der Waals surface area contributed by atoms with Gasteiger partial charge in [0.15, 0.2) is 0 Å². The van der Waals surface area contributed by atoms with E-state index in [-0.39, 0.29) is 22.7 Å². The second kappa shape index (κ2) is 9.05. The van der Waals surface area contributed by atoms with Crippen LogP contribution in [0.5, 0.6) is 0 Å². The van der Waals surface area contributed by atoms with Gasteiger partial charge in [0.05, 0.1) is 12.5 Å². The molecule has 0 saturated carbocycles. The highest BCUT2D eigenvalue weighted by atomic mass is 16.5. The van der Waals surface area contributed by atoms with Crippen LogP contribution in [0.3, 0.4) is 0 Å². The largest absolute Gasteiger partial charge is 0.465 e. The number of hydrogen-bond acceptors (Lipinski definition) is 2. The van der Waals surface area contributed by atoms with Crippen LogP contribution in [0.4, 0.5) is 0 Å². The maximum absolute atomic E-state index is 12.3. The molecular weight excluding hydrogens is 308 g/mol. The third kappa shape index (κ3) is 7.38. The second-order valence-electron chi connectivity index (χ2n) is 9.79. The van der Waals surface area contributed by atoms with Crippen LogP contribution in [-0.2, 0) is 9.53 Å². The summed E-state index contributed by atoms with van der Waals surface area (Å²) in [6, 6.07) is 0. The van der Waals surface area contributed by atoms with Gasteiger partial charge >= 0.3 is 5.97 Å². The Labute approximate surface area is 156 Å². The molecule has 0 saturated heterocycles. The van der Waals surface area contributed by atoms with Crippen molar-refractivity contribution in [3.05, 3.63) is 23.3 Å². The quantitative estimate of drug-likeness (QED) is 0.377. The molecule has 0 aromatic heterocycles. The predicted octanol–water partition coefficient (Wildman–Crippen LogP) is 6.71. The summed E-state index contributed by atoms with van der Waals surface area (Å²) < 4.78 is 5.48. The molecule has 0 fully saturated rings. The van der Waals surface area contributed by atoms with Gasteiger partial charge in [0.25, 0.3) is 0 Å². The van der Waals surface area contributed by atoms with Gasteiger partial charge in [0.2, 0.25) is 0 Å². The van der Waals surface area contributed by atoms with E-state index in [4.69, 9.17) is 4.74 Å². The smallest absolute Gasteiger partial charge is 0.309 e. The van der Waals surface area contributed by atoms with Crippen molar-refractivity contribution >= 4 is 5.97 Å². The first-order valence-corrected chi connectivity index (χ1v) is 9.97. The first-order valence-electron chi connectivity index (χ1n) is 9.97. The number of carbonyl (C=O) groups excluding carboxylic acids is 1. The van der Waals surface area contributed by atoms with E-state index < -0.39 is 0 Å². The second-order valence-corrected chi connectivity index (χ2v) is 9.79. The summed E-state index contributed by atoms with van der Waals surface area (Å²) >= 11 is 0. The van der Waals surface area contributed by atoms with E-state index in [9.17, 15) is 4.79 Å². The molecule has 1 aliphatic carbocycles. The minimum absolute atomic E-state index is 0.00132. The minimum atomic E-state index is -0.00132. The molecule has 0 N–H and O–H groups in total. The van der Waals surface area contributed by atoms with Gasteiger partial charge in [-0.05, 0) is 55.8 Å². The summed E-state index contributed by atoms with van der Waals surface area (Å²) in [4.78, 5) is 12.3. The highest BCUT2D eigenvalue weighted by Crippen LogP contribution is 2.40. The first-order chi connectivity index (χ1) is 11.4. The molecule has 0 spiro atoms. The molecule has 1 rings (SSSR count). The molecule has 2 heteroatoms. The van der Waals surface area contributed by atoms with Crippen LogP contribution in [0.1, 0.15) is 87.5 Å². The lowest BCUT2D eigenvalue weighted by atomic mass is 9.72. The molecule has 2 nitrogen and oxygen atoms in total. The lowest BCUT2D eigenvalue weighted by molar-refractivity contribution is -0.150. The Balaban J connectivity index is 2.63. The molecule has 0 heterocycles. The van der Waals surface area contributed by atoms with Crippen molar-refractivity contribution in [3.8, 4) is 0 Å². The Bertz CT molecular complexity index is 501. The summed E-state index contributed by atoms with van der Waals surface area (Å²) in [5, 5.41) is 0. The molecular formula is C23H40O2. The van der Waals surface area contributed by atoms with Gasteiger partial charge in [0.1, 0.15) is 0 Å². The molecule has 0 amide bonds. The summed E-state index contributed by atoms with van der Waals surface area (Å²) in [6.45, 7) is 18.4. The van der Waals surface area contributed by atoms with Crippen molar-refractivity contribution in [2.45, 2.75) is 87.5 Å². The summed E-state index contributed by atoms with van der Waals surface area (Å²) in [6.07, 6.45) is 9.77. The van der Waals surface area contributed by atoms with E-state index in [1.165, 1.54) is 11.1 Å². The molecule has 0 aliphatic heterocycles. The van der Waals surface area contributed by atoms with Crippen LogP contribution < -0.4 is 0 Å². The van der Waals surface area contributed by atoms with Gasteiger partial charge < -0.3 is 4.74 Å². The van der Waals surface area contributed by atoms with E-state index >= 15 is 0 Å². The molecule has 1 atom stereocenters. The topological polar surface area (TPSA) is 26.3 Å². The predicted molar refractivity (Wildman–Crippen MR) is 107 cm³/mol. The molecule has 0 bridgehead atoms. The van der Waals surface area contributed by atoms with Crippen molar-refractivity contribution in [1.82, 2.24) is 0 Å². The zero-order chi connectivity index (χ0) is 19.3. The summed E-state index contributed by atoms with van der Waals surface area (Å²) in [5.74, 6) is 0.445. The fourth-order valence-corrected chi connectivity index (χ4v) is 3.15. The van der Waals surface area contributed by atoms with Crippen LogP contribution in [0.15, 0.2) is 23.3 Å². The van der Waals surface area contributed by atoms with E-state index in [2.05, 4.69) is 67.5 Å². The van der Waals surface area contributed by atoms with Gasteiger partial charge in [0, 0.05) is 0 Å². The third-order valence-electron chi connectivity index (χ3n) is 5.54. The average molecular weight is 349 g/mol. The Kier molecular flexibility index (Phi) is 7.96. The minimum Gasteiger partial charge on any atom is -0.465 e. The lowest BCUT2D eigenvalue weighted by Gasteiger charge is -2.33. The SMILES string of the molecule is C/C(=C\CCC(C)(C)C1=CCCC(C(=O)OCC(C)C)C1)C(C)(C)C. The Morgan fingerprint density at radius 1 is 1.28 bits per heavy atom. The van der Waals surface area contributed by atoms with Gasteiger partial charge in [-0.15, -0.1) is 0 Å². The Morgan fingerprint density at radius 2 is 1.92 bits per heavy atom. The Morgan fingerprint density at radius 3 is 2.48 bits per heavy atom. The van der Waals surface area contributed by atoms with E-state index in [0.717, 1.165) is 32.1 Å². The number of carbonyl (C=O) groups is 1. The molecule has 144 valence electrons. The van der Waals surface area contributed by atoms with Crippen molar-refractivity contribution in [2.24, 2.45) is 22.7 Å². The highest BCUT2D eigenvalue weighted by Gasteiger charge is 2.31. The third-order valence-corrected chi connectivity index (χ3v) is 5.54. The van der Waals surface area contributed by atoms with Crippen molar-refractivity contribution in [3.63, 3.8) is 0 Å². The number of allylic oxidation sites excluding steroid dienone is 4. The van der Waals surface area contributed by atoms with E-state index in [1.807, 2.05) is 0 Å². The van der Waals surface area contributed by atoms with Gasteiger partial charge in [-0.1, -0.05) is 71.8 Å². The van der Waals surface area contributed by atoms with Crippen LogP contribution in [0.2, 0.25) is 0 Å². The molecule has 0 radical (unpaired) electrons. The molecule has 1 unspecified atom stereocenters. The maximum Gasteiger partial charge on any atom is 0.309 e. The number of rotatable bonds is 7. The standard InChI is InChI=1S/C23H40O2/c1-17(2)16-25-21(24)19-12-9-13-20(15-19)23(7,8)14-10-11-18(3)22(4,5)6/h11,13,17,19H,9-10,12,14-16H2,1-8H3/b18-11+. The highest BCUT2D eigenvalue weighted by molar-refractivity contribution is 5.73. The molecule has 0 aromatic rings. The summed E-state index contributed by atoms with van der Waals surface area (Å²) in [7, 11) is 0. The van der Waals surface area contributed by atoms with E-state index in [0.29, 0.717) is 12.5 Å². The van der Waals surface area contributed by atoms with Crippen LogP contribution >= 0.6 is 0 Å². The van der Waals surface area contributed by atoms with Crippen molar-refractivity contribution in [2.75, 3.05) is 6.61 Å². The van der Waals surface area contributed by atoms with E-state index in [1.54, 1.807) is 0 Å². The number of ether oxygens (including phenoxy) is 1. The monoisotopic (exact) mass is 348 g/mol. The average Bonchev–Trinajstić information content (AvgIpc) is 2.51. The zero-order valence-corrected chi connectivity index (χ0v) is 17.9. The normalized spacial score (nSPS) is 19.8. The summed E-state index contributed by atoms with van der Waals surface area (Å²) in [5.41, 5.74) is 3.29. The number of esters is 1. The van der Waals surface area contributed by atoms with Gasteiger partial charge in [-0.2, -0.15) is 0 Å². The van der Waals surface area contributed by atoms with Crippen LogP contribution in [0.25, 0.3) is 0 Å². The van der Waals surface area contributed by atoms with Gasteiger partial charge in [-0.3, -0.25) is 4.79 Å². The van der Waals surface area contributed by atoms with Gasteiger partial charge in [-0.25, -0.2) is 0 Å². The number of hydrogen-bond donors (Lipinski definition) is 0. The lowest BCUT2D eigenvalue weighted by Crippen LogP contribution is -2.26. The van der Waals surface area contributed by atoms with Crippen molar-refractivity contribution < 1.29 is 9.53 Å². The maximum atomic E-state index is 12.3. The fraction of sp³-hybridized carbons (Fsp3) is 0.783.